The van der Waals surface area contributed by atoms with Crippen LogP contribution in [0.2, 0.25) is 0 Å². The van der Waals surface area contributed by atoms with Crippen molar-refractivity contribution in [2.75, 3.05) is 0 Å². The summed E-state index contributed by atoms with van der Waals surface area (Å²) in [4.78, 5) is 25.3. The number of rotatable bonds is 18. The summed E-state index contributed by atoms with van der Waals surface area (Å²) in [5.74, 6) is 0.0939. The zero-order chi connectivity index (χ0) is 23.0. The topological polar surface area (TPSA) is 34.1 Å². The van der Waals surface area contributed by atoms with E-state index in [0.717, 1.165) is 24.8 Å². The Morgan fingerprint density at radius 2 is 0.906 bits per heavy atom. The molecule has 1 aromatic carbocycles. The number of carbonyl (C=O) groups excluding carboxylic acids is 2. The van der Waals surface area contributed by atoms with E-state index in [1.54, 1.807) is 12.1 Å². The lowest BCUT2D eigenvalue weighted by atomic mass is 9.82. The highest BCUT2D eigenvalue weighted by atomic mass is 16.1. The van der Waals surface area contributed by atoms with E-state index in [1.807, 2.05) is 19.1 Å². The van der Waals surface area contributed by atoms with Crippen molar-refractivity contribution in [1.29, 1.82) is 0 Å². The first-order valence-electron chi connectivity index (χ1n) is 13.5. The zero-order valence-corrected chi connectivity index (χ0v) is 20.9. The fraction of sp³-hybridized carbons (Fsp3) is 0.667. The van der Waals surface area contributed by atoms with E-state index in [2.05, 4.69) is 6.92 Å². The Kier molecular flexibility index (Phi) is 13.3. The summed E-state index contributed by atoms with van der Waals surface area (Å²) in [6.07, 6.45) is 23.7. The number of allylic oxidation sites excluding steroid dienone is 2. The average molecular weight is 439 g/mol. The highest BCUT2D eigenvalue weighted by molar-refractivity contribution is 6.26. The minimum Gasteiger partial charge on any atom is -0.289 e. The third-order valence-electron chi connectivity index (χ3n) is 7.01. The Morgan fingerprint density at radius 3 is 1.34 bits per heavy atom. The monoisotopic (exact) mass is 438 g/mol. The molecule has 178 valence electrons. The second-order valence-corrected chi connectivity index (χ2v) is 9.71. The predicted molar refractivity (Wildman–Crippen MR) is 137 cm³/mol. The molecule has 0 unspecified atom stereocenters. The van der Waals surface area contributed by atoms with Gasteiger partial charge in [0.2, 0.25) is 0 Å². The first-order chi connectivity index (χ1) is 15.7. The summed E-state index contributed by atoms with van der Waals surface area (Å²) in [6, 6.07) is 7.23. The van der Waals surface area contributed by atoms with Gasteiger partial charge in [0, 0.05) is 22.3 Å². The van der Waals surface area contributed by atoms with Crippen LogP contribution in [0.4, 0.5) is 0 Å². The molecule has 1 aliphatic carbocycles. The lowest BCUT2D eigenvalue weighted by molar-refractivity contribution is 0.0971. The standard InChI is InChI=1S/C30H46O2/c1-3-4-5-6-7-8-9-10-11-12-13-14-15-16-17-18-19-22-26-25(2)29(31)27-23-20-21-24-28(27)30(26)32/h20-21,23-24H,3-19,22H2,1-2H3. The maximum Gasteiger partial charge on any atom is 0.190 e. The fourth-order valence-corrected chi connectivity index (χ4v) is 4.88. The van der Waals surface area contributed by atoms with Crippen LogP contribution in [-0.2, 0) is 0 Å². The molecule has 2 nitrogen and oxygen atoms in total. The van der Waals surface area contributed by atoms with Gasteiger partial charge < -0.3 is 0 Å². The average Bonchev–Trinajstić information content (AvgIpc) is 2.81. The van der Waals surface area contributed by atoms with Crippen LogP contribution >= 0.6 is 0 Å². The van der Waals surface area contributed by atoms with Gasteiger partial charge in [-0.1, -0.05) is 134 Å². The van der Waals surface area contributed by atoms with E-state index in [0.29, 0.717) is 16.7 Å². The van der Waals surface area contributed by atoms with Crippen LogP contribution in [-0.4, -0.2) is 11.6 Å². The number of hydrogen-bond acceptors (Lipinski definition) is 2. The van der Waals surface area contributed by atoms with Gasteiger partial charge in [-0.25, -0.2) is 0 Å². The van der Waals surface area contributed by atoms with Gasteiger partial charge in [0.05, 0.1) is 0 Å². The van der Waals surface area contributed by atoms with Crippen LogP contribution in [0.1, 0.15) is 150 Å². The van der Waals surface area contributed by atoms with Gasteiger partial charge in [-0.15, -0.1) is 0 Å². The number of ketones is 2. The molecule has 0 fully saturated rings. The van der Waals surface area contributed by atoms with Crippen molar-refractivity contribution in [2.24, 2.45) is 0 Å². The molecule has 1 aromatic rings. The van der Waals surface area contributed by atoms with Crippen molar-refractivity contribution in [2.45, 2.75) is 129 Å². The molecule has 0 heterocycles. The number of unbranched alkanes of at least 4 members (excludes halogenated alkanes) is 16. The molecule has 0 aliphatic heterocycles. The van der Waals surface area contributed by atoms with Crippen molar-refractivity contribution in [3.8, 4) is 0 Å². The van der Waals surface area contributed by atoms with Crippen LogP contribution in [0.3, 0.4) is 0 Å². The van der Waals surface area contributed by atoms with Crippen LogP contribution in [0.5, 0.6) is 0 Å². The maximum atomic E-state index is 12.8. The second-order valence-electron chi connectivity index (χ2n) is 9.71. The summed E-state index contributed by atoms with van der Waals surface area (Å²) in [5, 5.41) is 0. The molecule has 32 heavy (non-hydrogen) atoms. The van der Waals surface area contributed by atoms with E-state index in [4.69, 9.17) is 0 Å². The van der Waals surface area contributed by atoms with E-state index < -0.39 is 0 Å². The predicted octanol–water partition coefficient (Wildman–Crippen LogP) is 9.42. The largest absolute Gasteiger partial charge is 0.289 e. The quantitative estimate of drug-likeness (QED) is 0.214. The number of carbonyl (C=O) groups is 2. The molecule has 0 atom stereocenters. The molecular formula is C30H46O2. The summed E-state index contributed by atoms with van der Waals surface area (Å²) >= 11 is 0. The van der Waals surface area contributed by atoms with Crippen LogP contribution < -0.4 is 0 Å². The Morgan fingerprint density at radius 1 is 0.531 bits per heavy atom. The molecule has 2 rings (SSSR count). The van der Waals surface area contributed by atoms with Crippen molar-refractivity contribution in [3.63, 3.8) is 0 Å². The van der Waals surface area contributed by atoms with E-state index in [9.17, 15) is 9.59 Å². The summed E-state index contributed by atoms with van der Waals surface area (Å²) in [7, 11) is 0. The van der Waals surface area contributed by atoms with E-state index in [-0.39, 0.29) is 11.6 Å². The molecule has 0 radical (unpaired) electrons. The molecule has 1 aliphatic rings. The number of benzene rings is 1. The SMILES string of the molecule is CCCCCCCCCCCCCCCCCCCC1=C(C)C(=O)c2ccccc2C1=O. The molecular weight excluding hydrogens is 392 g/mol. The Hall–Kier alpha value is -1.70. The summed E-state index contributed by atoms with van der Waals surface area (Å²) in [5.41, 5.74) is 2.56. The second kappa shape index (κ2) is 16.0. The van der Waals surface area contributed by atoms with Gasteiger partial charge in [-0.2, -0.15) is 0 Å². The highest BCUT2D eigenvalue weighted by Crippen LogP contribution is 2.29. The van der Waals surface area contributed by atoms with Crippen molar-refractivity contribution in [3.05, 3.63) is 46.5 Å². The van der Waals surface area contributed by atoms with Crippen molar-refractivity contribution in [1.82, 2.24) is 0 Å². The minimum atomic E-state index is 0.0298. The van der Waals surface area contributed by atoms with Gasteiger partial charge in [-0.3, -0.25) is 9.59 Å². The lowest BCUT2D eigenvalue weighted by Crippen LogP contribution is -2.20. The minimum absolute atomic E-state index is 0.0298. The lowest BCUT2D eigenvalue weighted by Gasteiger charge is -2.18. The smallest absolute Gasteiger partial charge is 0.190 e. The molecule has 0 spiro atoms. The third-order valence-corrected chi connectivity index (χ3v) is 7.01. The van der Waals surface area contributed by atoms with E-state index >= 15 is 0 Å². The highest BCUT2D eigenvalue weighted by Gasteiger charge is 2.28. The van der Waals surface area contributed by atoms with Crippen LogP contribution in [0, 0.1) is 0 Å². The summed E-state index contributed by atoms with van der Waals surface area (Å²) < 4.78 is 0. The zero-order valence-electron chi connectivity index (χ0n) is 20.9. The Balaban J connectivity index is 1.44. The van der Waals surface area contributed by atoms with Gasteiger partial charge >= 0.3 is 0 Å². The van der Waals surface area contributed by atoms with Crippen LogP contribution in [0.15, 0.2) is 35.4 Å². The van der Waals surface area contributed by atoms with Gasteiger partial charge in [-0.05, 0) is 19.8 Å². The number of hydrogen-bond donors (Lipinski definition) is 0. The fourth-order valence-electron chi connectivity index (χ4n) is 4.88. The maximum absolute atomic E-state index is 12.8. The first kappa shape index (κ1) is 26.6. The van der Waals surface area contributed by atoms with Gasteiger partial charge in [0.15, 0.2) is 11.6 Å². The summed E-state index contributed by atoms with van der Waals surface area (Å²) in [6.45, 7) is 4.10. The normalized spacial score (nSPS) is 13.7. The molecule has 0 saturated heterocycles. The first-order valence-corrected chi connectivity index (χ1v) is 13.5. The molecule has 2 heteroatoms. The van der Waals surface area contributed by atoms with Gasteiger partial charge in [0.1, 0.15) is 0 Å². The molecule has 0 aromatic heterocycles. The van der Waals surface area contributed by atoms with Crippen molar-refractivity contribution < 1.29 is 9.59 Å². The third kappa shape index (κ3) is 9.04. The molecule has 0 N–H and O–H groups in total. The number of fused-ring (bicyclic) bond motifs is 1. The number of Topliss-reactive ketones (excluding diaryl/α,β-unsaturated/α-hetero) is 2. The van der Waals surface area contributed by atoms with E-state index in [1.165, 1.54) is 96.3 Å². The Bertz CT molecular complexity index is 728. The van der Waals surface area contributed by atoms with Gasteiger partial charge in [0.25, 0.3) is 0 Å². The Labute approximate surface area is 197 Å². The molecule has 0 saturated carbocycles. The molecule has 0 bridgehead atoms. The van der Waals surface area contributed by atoms with Crippen molar-refractivity contribution >= 4 is 11.6 Å². The molecule has 0 amide bonds. The van der Waals surface area contributed by atoms with Crippen LogP contribution in [0.25, 0.3) is 0 Å².